The molecule has 0 unspecified atom stereocenters. The van der Waals surface area contributed by atoms with Crippen LogP contribution in [0.3, 0.4) is 0 Å². The second-order valence-corrected chi connectivity index (χ2v) is 5.61. The van der Waals surface area contributed by atoms with Crippen LogP contribution in [0.4, 0.5) is 17.2 Å². The van der Waals surface area contributed by atoms with Gasteiger partial charge in [0.2, 0.25) is 0 Å². The van der Waals surface area contributed by atoms with Gasteiger partial charge in [-0.05, 0) is 37.1 Å². The lowest BCUT2D eigenvalue weighted by molar-refractivity contribution is -0.384. The largest absolute Gasteiger partial charge is 0.379 e. The number of benzene rings is 1. The normalized spacial score (nSPS) is 10.2. The maximum absolute atomic E-state index is 11.0. The van der Waals surface area contributed by atoms with E-state index in [1.54, 1.807) is 18.3 Å². The molecule has 0 aliphatic carbocycles. The number of hydrogen-bond acceptors (Lipinski definition) is 5. The van der Waals surface area contributed by atoms with E-state index in [4.69, 9.17) is 0 Å². The van der Waals surface area contributed by atoms with Crippen molar-refractivity contribution in [2.75, 3.05) is 23.7 Å². The zero-order chi connectivity index (χ0) is 15.8. The van der Waals surface area contributed by atoms with Gasteiger partial charge in [0.1, 0.15) is 11.5 Å². The molecule has 0 saturated heterocycles. The first-order chi connectivity index (χ1) is 10.7. The number of nitro groups is 1. The second-order valence-electron chi connectivity index (χ2n) is 4.69. The van der Waals surface area contributed by atoms with Crippen LogP contribution in [0.25, 0.3) is 0 Å². The van der Waals surface area contributed by atoms with Gasteiger partial charge in [-0.1, -0.05) is 22.0 Å². The zero-order valence-electron chi connectivity index (χ0n) is 12.0. The Kier molecular flexibility index (Phi) is 6.14. The summed E-state index contributed by atoms with van der Waals surface area (Å²) in [6.45, 7) is 1.51. The van der Waals surface area contributed by atoms with Crippen molar-refractivity contribution >= 4 is 33.1 Å². The molecule has 1 heterocycles. The fourth-order valence-electron chi connectivity index (χ4n) is 1.96. The first-order valence-electron chi connectivity index (χ1n) is 6.99. The summed E-state index contributed by atoms with van der Waals surface area (Å²) in [6.07, 6.45) is 3.61. The van der Waals surface area contributed by atoms with Crippen LogP contribution in [0.5, 0.6) is 0 Å². The van der Waals surface area contributed by atoms with Crippen molar-refractivity contribution < 1.29 is 4.92 Å². The predicted molar refractivity (Wildman–Crippen MR) is 91.2 cm³/mol. The quantitative estimate of drug-likeness (QED) is 0.419. The Morgan fingerprint density at radius 1 is 1.14 bits per heavy atom. The number of halogens is 1. The summed E-state index contributed by atoms with van der Waals surface area (Å²) in [5.41, 5.74) is 0.631. The van der Waals surface area contributed by atoms with E-state index in [9.17, 15) is 10.1 Å². The minimum absolute atomic E-state index is 0.0842. The highest BCUT2D eigenvalue weighted by Gasteiger charge is 2.13. The molecular formula is C15H17BrN4O2. The minimum atomic E-state index is -0.379. The van der Waals surface area contributed by atoms with Crippen molar-refractivity contribution in [1.29, 1.82) is 0 Å². The van der Waals surface area contributed by atoms with Crippen LogP contribution in [0.15, 0.2) is 47.1 Å². The van der Waals surface area contributed by atoms with E-state index in [1.807, 2.05) is 18.2 Å². The van der Waals surface area contributed by atoms with Gasteiger partial charge >= 0.3 is 0 Å². The van der Waals surface area contributed by atoms with Crippen molar-refractivity contribution in [3.63, 3.8) is 0 Å². The van der Waals surface area contributed by atoms with E-state index < -0.39 is 0 Å². The molecule has 0 bridgehead atoms. The van der Waals surface area contributed by atoms with Crippen LogP contribution in [0, 0.1) is 10.1 Å². The molecule has 22 heavy (non-hydrogen) atoms. The number of nitrogens with zero attached hydrogens (tertiary/aromatic N) is 2. The van der Waals surface area contributed by atoms with Crippen molar-refractivity contribution in [3.8, 4) is 0 Å². The standard InChI is InChI=1S/C15H17BrN4O2/c16-12-6-7-13(14(11-12)20(21)22)17-8-3-4-10-19-15-5-1-2-9-18-15/h1-2,5-7,9,11,17H,3-4,8,10H2,(H,18,19). The monoisotopic (exact) mass is 364 g/mol. The molecule has 6 nitrogen and oxygen atoms in total. The Balaban J connectivity index is 1.72. The smallest absolute Gasteiger partial charge is 0.293 e. The molecule has 0 fully saturated rings. The van der Waals surface area contributed by atoms with Gasteiger partial charge in [0.15, 0.2) is 0 Å². The van der Waals surface area contributed by atoms with E-state index >= 15 is 0 Å². The average Bonchev–Trinajstić information content (AvgIpc) is 2.52. The Labute approximate surface area is 137 Å². The number of pyridine rings is 1. The molecule has 116 valence electrons. The van der Waals surface area contributed by atoms with Crippen LogP contribution >= 0.6 is 15.9 Å². The number of unbranched alkanes of at least 4 members (excludes halogenated alkanes) is 1. The lowest BCUT2D eigenvalue weighted by Gasteiger charge is -2.08. The molecule has 2 N–H and O–H groups in total. The van der Waals surface area contributed by atoms with Crippen LogP contribution in [0.2, 0.25) is 0 Å². The molecule has 0 atom stereocenters. The number of rotatable bonds is 8. The molecule has 0 aliphatic rings. The van der Waals surface area contributed by atoms with Gasteiger partial charge in [-0.25, -0.2) is 4.98 Å². The van der Waals surface area contributed by atoms with Crippen LogP contribution < -0.4 is 10.6 Å². The van der Waals surface area contributed by atoms with Crippen LogP contribution in [-0.4, -0.2) is 23.0 Å². The van der Waals surface area contributed by atoms with Gasteiger partial charge in [0, 0.05) is 29.8 Å². The number of anilines is 2. The molecule has 7 heteroatoms. The van der Waals surface area contributed by atoms with Gasteiger partial charge < -0.3 is 10.6 Å². The summed E-state index contributed by atoms with van der Waals surface area (Å²) in [5, 5.41) is 17.3. The zero-order valence-corrected chi connectivity index (χ0v) is 13.5. The maximum atomic E-state index is 11.0. The number of nitrogens with one attached hydrogen (secondary N) is 2. The Hall–Kier alpha value is -2.15. The average molecular weight is 365 g/mol. The van der Waals surface area contributed by atoms with Crippen LogP contribution in [0.1, 0.15) is 12.8 Å². The predicted octanol–water partition coefficient (Wildman–Crippen LogP) is 4.06. The van der Waals surface area contributed by atoms with Crippen LogP contribution in [-0.2, 0) is 0 Å². The highest BCUT2D eigenvalue weighted by Crippen LogP contribution is 2.27. The van der Waals surface area contributed by atoms with Gasteiger partial charge in [-0.2, -0.15) is 0 Å². The molecule has 1 aromatic heterocycles. The highest BCUT2D eigenvalue weighted by atomic mass is 79.9. The minimum Gasteiger partial charge on any atom is -0.379 e. The van der Waals surface area contributed by atoms with Crippen molar-refractivity contribution in [3.05, 3.63) is 57.2 Å². The Morgan fingerprint density at radius 3 is 2.59 bits per heavy atom. The summed E-state index contributed by atoms with van der Waals surface area (Å²) in [6, 6.07) is 10.7. The summed E-state index contributed by atoms with van der Waals surface area (Å²) in [4.78, 5) is 14.8. The number of nitro benzene ring substituents is 1. The first kappa shape index (κ1) is 16.2. The van der Waals surface area contributed by atoms with E-state index in [0.29, 0.717) is 16.7 Å². The number of aromatic nitrogens is 1. The van der Waals surface area contributed by atoms with Crippen molar-refractivity contribution in [2.24, 2.45) is 0 Å². The molecule has 0 saturated carbocycles. The summed E-state index contributed by atoms with van der Waals surface area (Å²) >= 11 is 3.24. The molecular weight excluding hydrogens is 348 g/mol. The summed E-state index contributed by atoms with van der Waals surface area (Å²) in [5.74, 6) is 0.860. The van der Waals surface area contributed by atoms with Gasteiger partial charge in [-0.15, -0.1) is 0 Å². The van der Waals surface area contributed by atoms with E-state index in [-0.39, 0.29) is 10.6 Å². The second kappa shape index (κ2) is 8.33. The Morgan fingerprint density at radius 2 is 1.91 bits per heavy atom. The summed E-state index contributed by atoms with van der Waals surface area (Å²) in [7, 11) is 0. The van der Waals surface area contributed by atoms with Gasteiger partial charge in [0.05, 0.1) is 4.92 Å². The first-order valence-corrected chi connectivity index (χ1v) is 7.79. The molecule has 1 aromatic carbocycles. The Bertz CT molecular complexity index is 622. The van der Waals surface area contributed by atoms with E-state index in [2.05, 4.69) is 31.5 Å². The molecule has 0 aliphatic heterocycles. The molecule has 0 spiro atoms. The topological polar surface area (TPSA) is 80.1 Å². The van der Waals surface area contributed by atoms with Crippen molar-refractivity contribution in [2.45, 2.75) is 12.8 Å². The van der Waals surface area contributed by atoms with Crippen molar-refractivity contribution in [1.82, 2.24) is 4.98 Å². The molecule has 2 rings (SSSR count). The third-order valence-electron chi connectivity index (χ3n) is 3.05. The van der Waals surface area contributed by atoms with Gasteiger partial charge in [0.25, 0.3) is 5.69 Å². The third kappa shape index (κ3) is 5.00. The lowest BCUT2D eigenvalue weighted by Crippen LogP contribution is -2.08. The fourth-order valence-corrected chi connectivity index (χ4v) is 2.31. The third-order valence-corrected chi connectivity index (χ3v) is 3.54. The SMILES string of the molecule is O=[N+]([O-])c1cc(Br)ccc1NCCCCNc1ccccn1. The highest BCUT2D eigenvalue weighted by molar-refractivity contribution is 9.10. The van der Waals surface area contributed by atoms with Gasteiger partial charge in [-0.3, -0.25) is 10.1 Å². The molecule has 2 aromatic rings. The van der Waals surface area contributed by atoms with E-state index in [0.717, 1.165) is 25.2 Å². The lowest BCUT2D eigenvalue weighted by atomic mass is 10.2. The molecule has 0 amide bonds. The summed E-state index contributed by atoms with van der Waals surface area (Å²) < 4.78 is 0.698. The molecule has 0 radical (unpaired) electrons. The fraction of sp³-hybridized carbons (Fsp3) is 0.267. The van der Waals surface area contributed by atoms with E-state index in [1.165, 1.54) is 6.07 Å². The number of hydrogen-bond donors (Lipinski definition) is 2. The maximum Gasteiger partial charge on any atom is 0.293 e.